The highest BCUT2D eigenvalue weighted by atomic mass is 16.6. The van der Waals surface area contributed by atoms with Gasteiger partial charge in [0.2, 0.25) is 0 Å². The highest BCUT2D eigenvalue weighted by Gasteiger charge is 2.26. The molecule has 15 heavy (non-hydrogen) atoms. The van der Waals surface area contributed by atoms with Crippen LogP contribution >= 0.6 is 0 Å². The molecule has 1 N–H and O–H groups in total. The molecule has 0 saturated carbocycles. The van der Waals surface area contributed by atoms with E-state index in [1.165, 1.54) is 26.8 Å². The molecule has 0 bridgehead atoms. The van der Waals surface area contributed by atoms with E-state index >= 15 is 0 Å². The van der Waals surface area contributed by atoms with Crippen LogP contribution in [0.3, 0.4) is 0 Å². The van der Waals surface area contributed by atoms with E-state index in [0.717, 1.165) is 0 Å². The smallest absolute Gasteiger partial charge is 0.303 e. The number of esters is 2. The monoisotopic (exact) mass is 216 g/mol. The van der Waals surface area contributed by atoms with Crippen LogP contribution in [0.4, 0.5) is 0 Å². The molecule has 0 aromatic rings. The highest BCUT2D eigenvalue weighted by molar-refractivity contribution is 5.67. The molecule has 0 radical (unpaired) electrons. The van der Waals surface area contributed by atoms with Gasteiger partial charge in [-0.2, -0.15) is 0 Å². The van der Waals surface area contributed by atoms with Gasteiger partial charge in [0.25, 0.3) is 0 Å². The molecule has 0 aliphatic heterocycles. The summed E-state index contributed by atoms with van der Waals surface area (Å²) in [7, 11) is 0. The molecular weight excluding hydrogens is 200 g/mol. The maximum absolute atomic E-state index is 10.7. The molecule has 5 heteroatoms. The number of hydrogen-bond donors (Lipinski definition) is 1. The first kappa shape index (κ1) is 13.6. The largest absolute Gasteiger partial charge is 0.460 e. The third-order valence-electron chi connectivity index (χ3n) is 1.70. The second-order valence-corrected chi connectivity index (χ2v) is 3.11. The van der Waals surface area contributed by atoms with Crippen molar-refractivity contribution in [2.24, 2.45) is 0 Å². The predicted molar refractivity (Wildman–Crippen MR) is 53.0 cm³/mol. The first-order valence-electron chi connectivity index (χ1n) is 4.53. The van der Waals surface area contributed by atoms with Gasteiger partial charge in [0.15, 0.2) is 0 Å². The summed E-state index contributed by atoms with van der Waals surface area (Å²) in [5, 5.41) is 9.65. The van der Waals surface area contributed by atoms with Crippen molar-refractivity contribution in [3.8, 4) is 0 Å². The van der Waals surface area contributed by atoms with Gasteiger partial charge in [-0.3, -0.25) is 9.59 Å². The van der Waals surface area contributed by atoms with Crippen LogP contribution in [-0.2, 0) is 19.1 Å². The summed E-state index contributed by atoms with van der Waals surface area (Å²) < 4.78 is 9.51. The molecule has 0 aromatic heterocycles. The van der Waals surface area contributed by atoms with Gasteiger partial charge in [0.05, 0.1) is 0 Å². The minimum Gasteiger partial charge on any atom is -0.460 e. The van der Waals surface area contributed by atoms with Crippen LogP contribution in [0.5, 0.6) is 0 Å². The first-order chi connectivity index (χ1) is 6.88. The average Bonchev–Trinajstić information content (AvgIpc) is 2.11. The summed E-state index contributed by atoms with van der Waals surface area (Å²) >= 11 is 0. The van der Waals surface area contributed by atoms with Crippen molar-refractivity contribution in [1.82, 2.24) is 0 Å². The van der Waals surface area contributed by atoms with Crippen molar-refractivity contribution in [3.63, 3.8) is 0 Å². The molecule has 0 amide bonds. The molecule has 5 nitrogen and oxygen atoms in total. The number of aliphatic hydroxyl groups excluding tert-OH is 1. The number of ether oxygens (including phenoxy) is 2. The number of aliphatic hydroxyl groups is 1. The Morgan fingerprint density at radius 2 is 1.73 bits per heavy atom. The van der Waals surface area contributed by atoms with E-state index in [1.54, 1.807) is 0 Å². The van der Waals surface area contributed by atoms with Crippen molar-refractivity contribution in [3.05, 3.63) is 12.7 Å². The van der Waals surface area contributed by atoms with Crippen LogP contribution in [0, 0.1) is 0 Å². The van der Waals surface area contributed by atoms with Crippen LogP contribution in [0.25, 0.3) is 0 Å². The number of carbonyl (C=O) groups excluding carboxylic acids is 2. The molecular formula is C10H16O5. The molecule has 0 saturated heterocycles. The lowest BCUT2D eigenvalue weighted by Crippen LogP contribution is -2.39. The lowest BCUT2D eigenvalue weighted by molar-refractivity contribution is -0.161. The Balaban J connectivity index is 4.35. The Hall–Kier alpha value is -1.36. The van der Waals surface area contributed by atoms with Gasteiger partial charge in [-0.1, -0.05) is 6.58 Å². The van der Waals surface area contributed by atoms with Gasteiger partial charge in [-0.25, -0.2) is 0 Å². The Labute approximate surface area is 88.7 Å². The topological polar surface area (TPSA) is 72.8 Å². The van der Waals surface area contributed by atoms with Gasteiger partial charge < -0.3 is 14.6 Å². The van der Waals surface area contributed by atoms with Crippen LogP contribution in [0.1, 0.15) is 20.8 Å². The van der Waals surface area contributed by atoms with Crippen molar-refractivity contribution < 1.29 is 24.2 Å². The summed E-state index contributed by atoms with van der Waals surface area (Å²) in [5.74, 6) is -1.04. The number of rotatable bonds is 5. The van der Waals surface area contributed by atoms with Crippen molar-refractivity contribution in [2.45, 2.75) is 39.1 Å². The molecule has 0 heterocycles. The molecule has 0 spiro atoms. The van der Waals surface area contributed by atoms with Gasteiger partial charge in [0, 0.05) is 13.8 Å². The Bertz CT molecular complexity index is 248. The number of hydrogen-bond acceptors (Lipinski definition) is 5. The molecule has 0 rings (SSSR count). The van der Waals surface area contributed by atoms with Crippen molar-refractivity contribution >= 4 is 11.9 Å². The number of carbonyl (C=O) groups is 2. The fourth-order valence-electron chi connectivity index (χ4n) is 1.05. The Morgan fingerprint density at radius 3 is 2.07 bits per heavy atom. The molecule has 0 aromatic carbocycles. The summed E-state index contributed by atoms with van der Waals surface area (Å²) in [6, 6.07) is 0. The predicted octanol–water partition coefficient (Wildman–Crippen LogP) is 0.417. The van der Waals surface area contributed by atoms with Crippen molar-refractivity contribution in [2.75, 3.05) is 0 Å². The fraction of sp³-hybridized carbons (Fsp3) is 0.600. The fourth-order valence-corrected chi connectivity index (χ4v) is 1.05. The van der Waals surface area contributed by atoms with E-state index in [4.69, 9.17) is 9.47 Å². The average molecular weight is 216 g/mol. The minimum absolute atomic E-state index is 0.507. The Morgan fingerprint density at radius 1 is 1.27 bits per heavy atom. The molecule has 86 valence electrons. The minimum atomic E-state index is -1.12. The van der Waals surface area contributed by atoms with Crippen LogP contribution in [0.15, 0.2) is 12.7 Å². The van der Waals surface area contributed by atoms with Gasteiger partial charge in [0.1, 0.15) is 18.3 Å². The first-order valence-corrected chi connectivity index (χ1v) is 4.53. The maximum atomic E-state index is 10.7. The van der Waals surface area contributed by atoms with Crippen LogP contribution in [0.2, 0.25) is 0 Å². The summed E-state index contributed by atoms with van der Waals surface area (Å²) in [4.78, 5) is 21.3. The zero-order valence-electron chi connectivity index (χ0n) is 9.10. The quantitative estimate of drug-likeness (QED) is 0.532. The summed E-state index contributed by atoms with van der Waals surface area (Å²) in [6.45, 7) is 7.38. The summed E-state index contributed by atoms with van der Waals surface area (Å²) in [5.41, 5.74) is 0. The normalized spacial score (nSPS) is 16.0. The Kier molecular flexibility index (Phi) is 5.62. The van der Waals surface area contributed by atoms with E-state index in [-0.39, 0.29) is 0 Å². The third kappa shape index (κ3) is 5.17. The highest BCUT2D eigenvalue weighted by Crippen LogP contribution is 2.09. The van der Waals surface area contributed by atoms with Crippen molar-refractivity contribution in [1.29, 1.82) is 0 Å². The van der Waals surface area contributed by atoms with E-state index in [0.29, 0.717) is 0 Å². The lowest BCUT2D eigenvalue weighted by atomic mass is 10.1. The molecule has 3 unspecified atom stereocenters. The van der Waals surface area contributed by atoms with E-state index in [2.05, 4.69) is 6.58 Å². The second kappa shape index (κ2) is 6.19. The molecule has 3 atom stereocenters. The van der Waals surface area contributed by atoms with E-state index < -0.39 is 30.3 Å². The van der Waals surface area contributed by atoms with Crippen LogP contribution < -0.4 is 0 Å². The molecule has 0 fully saturated rings. The van der Waals surface area contributed by atoms with Crippen LogP contribution in [-0.4, -0.2) is 35.4 Å². The maximum Gasteiger partial charge on any atom is 0.303 e. The summed E-state index contributed by atoms with van der Waals surface area (Å²) in [6.07, 6.45) is -1.47. The second-order valence-electron chi connectivity index (χ2n) is 3.11. The zero-order chi connectivity index (χ0) is 12.0. The molecule has 0 aliphatic rings. The zero-order valence-corrected chi connectivity index (χ0v) is 9.10. The van der Waals surface area contributed by atoms with E-state index in [1.807, 2.05) is 0 Å². The standard InChI is InChI=1S/C10H16O5/c1-5-9(15-8(4)12)10(13)6(2)14-7(3)11/h5-6,9-10,13H,1H2,2-4H3. The van der Waals surface area contributed by atoms with Gasteiger partial charge in [-0.15, -0.1) is 0 Å². The van der Waals surface area contributed by atoms with E-state index in [9.17, 15) is 14.7 Å². The lowest BCUT2D eigenvalue weighted by Gasteiger charge is -2.24. The SMILES string of the molecule is C=CC(OC(C)=O)C(O)C(C)OC(C)=O. The van der Waals surface area contributed by atoms with Gasteiger partial charge in [-0.05, 0) is 13.0 Å². The van der Waals surface area contributed by atoms with Gasteiger partial charge >= 0.3 is 11.9 Å². The third-order valence-corrected chi connectivity index (χ3v) is 1.70. The molecule has 0 aliphatic carbocycles.